The molecule has 0 fully saturated rings. The number of allylic oxidation sites excluding steroid dienone is 1. The summed E-state index contributed by atoms with van der Waals surface area (Å²) < 4.78 is 6.39. The van der Waals surface area contributed by atoms with Crippen LogP contribution in [0, 0.1) is 6.92 Å². The van der Waals surface area contributed by atoms with Crippen molar-refractivity contribution in [2.75, 3.05) is 6.61 Å². The number of pyridine rings is 2. The molecule has 0 amide bonds. The van der Waals surface area contributed by atoms with E-state index in [0.29, 0.717) is 23.1 Å². The Bertz CT molecular complexity index is 808. The van der Waals surface area contributed by atoms with E-state index in [2.05, 4.69) is 11.6 Å². The first-order chi connectivity index (χ1) is 11.0. The van der Waals surface area contributed by atoms with Crippen LogP contribution in [0.2, 0.25) is 0 Å². The van der Waals surface area contributed by atoms with E-state index in [-0.39, 0.29) is 24.5 Å². The normalized spacial score (nSPS) is 10.7. The molecule has 2 aromatic rings. The van der Waals surface area contributed by atoms with Crippen molar-refractivity contribution in [3.05, 3.63) is 46.4 Å². The molecule has 0 aromatic carbocycles. The lowest BCUT2D eigenvalue weighted by Gasteiger charge is -2.13. The van der Waals surface area contributed by atoms with Gasteiger partial charge in [0.1, 0.15) is 11.4 Å². The van der Waals surface area contributed by atoms with Crippen LogP contribution in [0.25, 0.3) is 11.0 Å². The maximum absolute atomic E-state index is 12.6. The summed E-state index contributed by atoms with van der Waals surface area (Å²) in [5, 5.41) is 10.7. The molecular formula is C17H20N2O4. The van der Waals surface area contributed by atoms with Gasteiger partial charge in [-0.05, 0) is 25.5 Å². The Morgan fingerprint density at radius 3 is 2.87 bits per heavy atom. The van der Waals surface area contributed by atoms with Crippen LogP contribution in [-0.2, 0) is 11.3 Å². The molecule has 0 saturated carbocycles. The first-order valence-corrected chi connectivity index (χ1v) is 7.52. The fourth-order valence-electron chi connectivity index (χ4n) is 2.26. The minimum Gasteiger partial charge on any atom is -0.506 e. The Hall–Kier alpha value is -2.63. The predicted molar refractivity (Wildman–Crippen MR) is 87.8 cm³/mol. The van der Waals surface area contributed by atoms with Crippen LogP contribution in [0.15, 0.2) is 29.6 Å². The van der Waals surface area contributed by atoms with Gasteiger partial charge in [0.2, 0.25) is 0 Å². The number of hydrogen-bond donors (Lipinski definition) is 1. The molecule has 122 valence electrons. The van der Waals surface area contributed by atoms with Crippen molar-refractivity contribution in [1.29, 1.82) is 0 Å². The number of hydrogen-bond acceptors (Lipinski definition) is 5. The first-order valence-electron chi connectivity index (χ1n) is 7.52. The summed E-state index contributed by atoms with van der Waals surface area (Å²) in [6.45, 7) is 7.76. The van der Waals surface area contributed by atoms with Gasteiger partial charge in [-0.1, -0.05) is 19.4 Å². The van der Waals surface area contributed by atoms with Crippen LogP contribution >= 0.6 is 0 Å². The molecule has 23 heavy (non-hydrogen) atoms. The van der Waals surface area contributed by atoms with Crippen LogP contribution in [0.4, 0.5) is 0 Å². The molecule has 0 radical (unpaired) electrons. The lowest BCUT2D eigenvalue weighted by atomic mass is 10.1. The van der Waals surface area contributed by atoms with E-state index in [9.17, 15) is 14.7 Å². The van der Waals surface area contributed by atoms with E-state index in [0.717, 1.165) is 6.42 Å². The number of rotatable bonds is 6. The topological polar surface area (TPSA) is 81.4 Å². The average molecular weight is 316 g/mol. The van der Waals surface area contributed by atoms with Gasteiger partial charge in [-0.3, -0.25) is 9.36 Å². The maximum atomic E-state index is 12.6. The minimum atomic E-state index is -0.818. The van der Waals surface area contributed by atoms with Crippen molar-refractivity contribution in [3.8, 4) is 5.75 Å². The van der Waals surface area contributed by atoms with Crippen molar-refractivity contribution >= 4 is 17.0 Å². The van der Waals surface area contributed by atoms with Crippen LogP contribution in [0.5, 0.6) is 5.75 Å². The Labute approximate surface area is 134 Å². The van der Waals surface area contributed by atoms with Crippen molar-refractivity contribution < 1.29 is 14.6 Å². The molecule has 6 heteroatoms. The zero-order valence-electron chi connectivity index (χ0n) is 13.3. The number of aromatic nitrogens is 2. The van der Waals surface area contributed by atoms with E-state index in [4.69, 9.17) is 4.74 Å². The Balaban J connectivity index is 2.66. The minimum absolute atomic E-state index is 0.182. The lowest BCUT2D eigenvalue weighted by molar-refractivity contribution is 0.0494. The zero-order chi connectivity index (χ0) is 17.0. The molecule has 0 saturated heterocycles. The molecule has 0 spiro atoms. The average Bonchev–Trinajstić information content (AvgIpc) is 2.51. The van der Waals surface area contributed by atoms with Gasteiger partial charge < -0.3 is 9.84 Å². The van der Waals surface area contributed by atoms with Crippen LogP contribution in [-0.4, -0.2) is 27.2 Å². The Morgan fingerprint density at radius 1 is 1.48 bits per heavy atom. The van der Waals surface area contributed by atoms with E-state index in [1.807, 2.05) is 6.92 Å². The highest BCUT2D eigenvalue weighted by atomic mass is 16.5. The van der Waals surface area contributed by atoms with Crippen molar-refractivity contribution in [2.45, 2.75) is 33.2 Å². The van der Waals surface area contributed by atoms with E-state index in [1.54, 1.807) is 19.1 Å². The fraction of sp³-hybridized carbons (Fsp3) is 0.353. The summed E-state index contributed by atoms with van der Waals surface area (Å²) in [5.74, 6) is -1.21. The summed E-state index contributed by atoms with van der Waals surface area (Å²) in [5.41, 5.74) is 0.0282. The van der Waals surface area contributed by atoms with Gasteiger partial charge in [0.15, 0.2) is 5.56 Å². The monoisotopic (exact) mass is 316 g/mol. The summed E-state index contributed by atoms with van der Waals surface area (Å²) in [7, 11) is 0. The molecule has 0 unspecified atom stereocenters. The predicted octanol–water partition coefficient (Wildman–Crippen LogP) is 2.55. The fourth-order valence-corrected chi connectivity index (χ4v) is 2.26. The molecule has 6 nitrogen and oxygen atoms in total. The highest BCUT2D eigenvalue weighted by Crippen LogP contribution is 2.26. The van der Waals surface area contributed by atoms with Crippen LogP contribution in [0.1, 0.15) is 35.8 Å². The summed E-state index contributed by atoms with van der Waals surface area (Å²) >= 11 is 0. The molecule has 0 aliphatic rings. The Morgan fingerprint density at radius 2 is 2.22 bits per heavy atom. The lowest BCUT2D eigenvalue weighted by Crippen LogP contribution is -2.28. The molecule has 2 rings (SSSR count). The van der Waals surface area contributed by atoms with Gasteiger partial charge in [0.05, 0.1) is 12.0 Å². The number of fused-ring (bicyclic) bond motifs is 1. The largest absolute Gasteiger partial charge is 0.506 e. The van der Waals surface area contributed by atoms with E-state index >= 15 is 0 Å². The van der Waals surface area contributed by atoms with Gasteiger partial charge in [0.25, 0.3) is 5.56 Å². The highest BCUT2D eigenvalue weighted by molar-refractivity contribution is 5.98. The number of carbonyl (C=O) groups is 1. The number of carbonyl (C=O) groups excluding carboxylic acids is 1. The van der Waals surface area contributed by atoms with Crippen molar-refractivity contribution in [1.82, 2.24) is 9.55 Å². The van der Waals surface area contributed by atoms with Gasteiger partial charge in [-0.25, -0.2) is 9.78 Å². The van der Waals surface area contributed by atoms with Crippen LogP contribution < -0.4 is 5.56 Å². The summed E-state index contributed by atoms with van der Waals surface area (Å²) in [4.78, 5) is 29.1. The molecule has 0 bridgehead atoms. The molecule has 1 N–H and O–H groups in total. The van der Waals surface area contributed by atoms with Crippen molar-refractivity contribution in [3.63, 3.8) is 0 Å². The van der Waals surface area contributed by atoms with Crippen molar-refractivity contribution in [2.24, 2.45) is 0 Å². The maximum Gasteiger partial charge on any atom is 0.347 e. The molecule has 2 aromatic heterocycles. The summed E-state index contributed by atoms with van der Waals surface area (Å²) in [6.07, 6.45) is 3.09. The number of nitrogens with zero attached hydrogens (tertiary/aromatic N) is 2. The third-order valence-electron chi connectivity index (χ3n) is 3.47. The van der Waals surface area contributed by atoms with E-state index < -0.39 is 11.5 Å². The molecular weight excluding hydrogens is 296 g/mol. The Kier molecular flexibility index (Phi) is 5.16. The van der Waals surface area contributed by atoms with Gasteiger partial charge >= 0.3 is 5.97 Å². The molecule has 2 heterocycles. The smallest absolute Gasteiger partial charge is 0.347 e. The number of aromatic hydroxyl groups is 1. The van der Waals surface area contributed by atoms with Gasteiger partial charge in [-0.15, -0.1) is 6.58 Å². The van der Waals surface area contributed by atoms with Gasteiger partial charge in [0, 0.05) is 12.2 Å². The van der Waals surface area contributed by atoms with Crippen LogP contribution in [0.3, 0.4) is 0 Å². The number of ether oxygens (including phenoxy) is 1. The molecule has 0 aliphatic heterocycles. The highest BCUT2D eigenvalue weighted by Gasteiger charge is 2.23. The molecule has 0 atom stereocenters. The van der Waals surface area contributed by atoms with E-state index in [1.165, 1.54) is 10.6 Å². The van der Waals surface area contributed by atoms with Gasteiger partial charge in [-0.2, -0.15) is 0 Å². The second-order valence-corrected chi connectivity index (χ2v) is 5.24. The molecule has 0 aliphatic carbocycles. The SMILES string of the molecule is C=CCn1c(=O)c(C(=O)OCCCC)c(O)c2ccc(C)nc21. The first kappa shape index (κ1) is 16.7. The quantitative estimate of drug-likeness (QED) is 0.503. The zero-order valence-corrected chi connectivity index (χ0v) is 13.3. The third kappa shape index (κ3) is 3.26. The third-order valence-corrected chi connectivity index (χ3v) is 3.47. The second-order valence-electron chi connectivity index (χ2n) is 5.24. The number of esters is 1. The summed E-state index contributed by atoms with van der Waals surface area (Å²) in [6, 6.07) is 3.34. The number of unbranched alkanes of at least 4 members (excludes halogenated alkanes) is 1. The number of aryl methyl sites for hydroxylation is 1. The second kappa shape index (κ2) is 7.09. The standard InChI is InChI=1S/C17H20N2O4/c1-4-6-10-23-17(22)13-14(20)12-8-7-11(3)18-15(12)19(9-5-2)16(13)21/h5,7-8,20H,2,4,6,9-10H2,1,3H3.